The molecule has 1 unspecified atom stereocenters. The number of nitrogens with zero attached hydrogens (tertiary/aromatic N) is 1. The molecule has 0 aliphatic carbocycles. The molecular formula is C9H13NO5S. The van der Waals surface area contributed by atoms with Crippen molar-refractivity contribution in [1.29, 1.82) is 0 Å². The first-order valence-corrected chi connectivity index (χ1v) is 6.18. The van der Waals surface area contributed by atoms with Gasteiger partial charge >= 0.3 is 0 Å². The summed E-state index contributed by atoms with van der Waals surface area (Å²) in [6, 6.07) is 0. The van der Waals surface area contributed by atoms with Gasteiger partial charge in [0.05, 0.1) is 18.6 Å². The minimum absolute atomic E-state index is 0.192. The van der Waals surface area contributed by atoms with Crippen LogP contribution < -0.4 is 0 Å². The van der Waals surface area contributed by atoms with E-state index in [-0.39, 0.29) is 17.9 Å². The van der Waals surface area contributed by atoms with Crippen LogP contribution >= 0.6 is 0 Å². The Bertz CT molecular complexity index is 471. The van der Waals surface area contributed by atoms with Crippen LogP contribution in [0.1, 0.15) is 24.0 Å². The summed E-state index contributed by atoms with van der Waals surface area (Å²) in [6.07, 6.45) is 2.50. The Hall–Kier alpha value is -1.18. The monoisotopic (exact) mass is 247 g/mol. The highest BCUT2D eigenvalue weighted by Gasteiger charge is 2.20. The van der Waals surface area contributed by atoms with E-state index in [2.05, 4.69) is 4.98 Å². The Kier molecular flexibility index (Phi) is 3.84. The first-order chi connectivity index (χ1) is 7.35. The summed E-state index contributed by atoms with van der Waals surface area (Å²) < 4.78 is 30.2. The number of hydrogen-bond acceptors (Lipinski definition) is 5. The predicted molar refractivity (Wildman–Crippen MR) is 56.7 cm³/mol. The number of aromatic nitrogens is 1. The van der Waals surface area contributed by atoms with Crippen molar-refractivity contribution in [3.63, 3.8) is 0 Å². The summed E-state index contributed by atoms with van der Waals surface area (Å²) in [6.45, 7) is 1.18. The molecule has 0 amide bonds. The SMILES string of the molecule is CC(CS(=O)(=O)O)c1c(O)cncc1CO. The van der Waals surface area contributed by atoms with Gasteiger partial charge in [0.25, 0.3) is 10.1 Å². The second-order valence-corrected chi connectivity index (χ2v) is 5.04. The first kappa shape index (κ1) is 12.9. The molecule has 7 heteroatoms. The lowest BCUT2D eigenvalue weighted by Crippen LogP contribution is -2.13. The van der Waals surface area contributed by atoms with Crippen molar-refractivity contribution in [1.82, 2.24) is 4.98 Å². The van der Waals surface area contributed by atoms with Crippen molar-refractivity contribution in [2.75, 3.05) is 5.75 Å². The number of aliphatic hydroxyl groups is 1. The van der Waals surface area contributed by atoms with Crippen LogP contribution in [0.4, 0.5) is 0 Å². The molecule has 0 fully saturated rings. The topological polar surface area (TPSA) is 108 Å². The fourth-order valence-corrected chi connectivity index (χ4v) is 2.39. The molecule has 0 aliphatic rings. The number of aliphatic hydroxyl groups excluding tert-OH is 1. The number of hydrogen-bond donors (Lipinski definition) is 3. The van der Waals surface area contributed by atoms with Gasteiger partial charge in [-0.2, -0.15) is 8.42 Å². The largest absolute Gasteiger partial charge is 0.506 e. The van der Waals surface area contributed by atoms with E-state index < -0.39 is 21.8 Å². The predicted octanol–water partition coefficient (Wildman–Crippen LogP) is 0.271. The van der Waals surface area contributed by atoms with Gasteiger partial charge in [0.2, 0.25) is 0 Å². The highest BCUT2D eigenvalue weighted by atomic mass is 32.2. The maximum Gasteiger partial charge on any atom is 0.265 e. The van der Waals surface area contributed by atoms with Gasteiger partial charge in [-0.15, -0.1) is 0 Å². The van der Waals surface area contributed by atoms with Crippen molar-refractivity contribution in [2.45, 2.75) is 19.4 Å². The molecule has 6 nitrogen and oxygen atoms in total. The third-order valence-electron chi connectivity index (χ3n) is 2.17. The van der Waals surface area contributed by atoms with Crippen LogP contribution in [-0.2, 0) is 16.7 Å². The summed E-state index contributed by atoms with van der Waals surface area (Å²) in [5.74, 6) is -1.33. The zero-order valence-corrected chi connectivity index (χ0v) is 9.48. The van der Waals surface area contributed by atoms with Gasteiger partial charge in [-0.05, 0) is 0 Å². The molecule has 0 radical (unpaired) electrons. The summed E-state index contributed by atoms with van der Waals surface area (Å²) in [5, 5.41) is 18.6. The molecule has 90 valence electrons. The lowest BCUT2D eigenvalue weighted by molar-refractivity contribution is 0.278. The lowest BCUT2D eigenvalue weighted by atomic mass is 9.98. The molecule has 1 aromatic rings. The van der Waals surface area contributed by atoms with Crippen LogP contribution in [0, 0.1) is 0 Å². The van der Waals surface area contributed by atoms with E-state index in [0.29, 0.717) is 5.56 Å². The molecule has 1 aromatic heterocycles. The molecule has 0 saturated carbocycles. The smallest absolute Gasteiger partial charge is 0.265 e. The second kappa shape index (κ2) is 4.77. The molecule has 0 aliphatic heterocycles. The third kappa shape index (κ3) is 3.16. The second-order valence-electron chi connectivity index (χ2n) is 3.54. The molecule has 0 saturated heterocycles. The molecular weight excluding hydrogens is 234 g/mol. The maximum atomic E-state index is 10.7. The molecule has 0 spiro atoms. The minimum Gasteiger partial charge on any atom is -0.506 e. The van der Waals surface area contributed by atoms with Gasteiger partial charge < -0.3 is 10.2 Å². The average Bonchev–Trinajstić information content (AvgIpc) is 2.14. The van der Waals surface area contributed by atoms with Crippen molar-refractivity contribution < 1.29 is 23.2 Å². The molecule has 3 N–H and O–H groups in total. The molecule has 1 atom stereocenters. The van der Waals surface area contributed by atoms with E-state index in [0.717, 1.165) is 6.20 Å². The van der Waals surface area contributed by atoms with E-state index >= 15 is 0 Å². The van der Waals surface area contributed by atoms with Crippen LogP contribution in [0.2, 0.25) is 0 Å². The Morgan fingerprint density at radius 3 is 2.56 bits per heavy atom. The van der Waals surface area contributed by atoms with E-state index in [1.165, 1.54) is 13.1 Å². The van der Waals surface area contributed by atoms with Gasteiger partial charge in [-0.3, -0.25) is 9.54 Å². The van der Waals surface area contributed by atoms with Crippen LogP contribution in [0.5, 0.6) is 5.75 Å². The van der Waals surface area contributed by atoms with Crippen LogP contribution in [0.15, 0.2) is 12.4 Å². The molecule has 0 aromatic carbocycles. The molecule has 16 heavy (non-hydrogen) atoms. The van der Waals surface area contributed by atoms with Crippen LogP contribution in [-0.4, -0.2) is 33.9 Å². The van der Waals surface area contributed by atoms with Gasteiger partial charge in [-0.25, -0.2) is 0 Å². The molecule has 1 rings (SSSR count). The summed E-state index contributed by atoms with van der Waals surface area (Å²) in [4.78, 5) is 3.67. The molecule has 1 heterocycles. The summed E-state index contributed by atoms with van der Waals surface area (Å²) in [5.41, 5.74) is 0.631. The van der Waals surface area contributed by atoms with Crippen LogP contribution in [0.25, 0.3) is 0 Å². The van der Waals surface area contributed by atoms with Gasteiger partial charge in [0.15, 0.2) is 0 Å². The van der Waals surface area contributed by atoms with Crippen molar-refractivity contribution in [3.05, 3.63) is 23.5 Å². The van der Waals surface area contributed by atoms with Gasteiger partial charge in [-0.1, -0.05) is 6.92 Å². The van der Waals surface area contributed by atoms with Gasteiger partial charge in [0, 0.05) is 23.2 Å². The van der Waals surface area contributed by atoms with Gasteiger partial charge in [0.1, 0.15) is 5.75 Å². The number of pyridine rings is 1. The fourth-order valence-electron chi connectivity index (χ4n) is 1.60. The van der Waals surface area contributed by atoms with Crippen LogP contribution in [0.3, 0.4) is 0 Å². The normalized spacial score (nSPS) is 13.7. The number of aromatic hydroxyl groups is 1. The number of rotatable bonds is 4. The van der Waals surface area contributed by atoms with Crippen molar-refractivity contribution >= 4 is 10.1 Å². The Morgan fingerprint density at radius 2 is 2.06 bits per heavy atom. The summed E-state index contributed by atoms with van der Waals surface area (Å²) in [7, 11) is -4.13. The van der Waals surface area contributed by atoms with E-state index in [1.54, 1.807) is 0 Å². The van der Waals surface area contributed by atoms with Crippen molar-refractivity contribution in [2.24, 2.45) is 0 Å². The quantitative estimate of drug-likeness (QED) is 0.659. The lowest BCUT2D eigenvalue weighted by Gasteiger charge is -2.14. The first-order valence-electron chi connectivity index (χ1n) is 4.57. The fraction of sp³-hybridized carbons (Fsp3) is 0.444. The average molecular weight is 247 g/mol. The van der Waals surface area contributed by atoms with Crippen molar-refractivity contribution in [3.8, 4) is 5.75 Å². The van der Waals surface area contributed by atoms with E-state index in [1.807, 2.05) is 0 Å². The minimum atomic E-state index is -4.13. The Labute approximate surface area is 93.3 Å². The zero-order chi connectivity index (χ0) is 12.3. The zero-order valence-electron chi connectivity index (χ0n) is 8.66. The standard InChI is InChI=1S/C9H13NO5S/c1-6(5-16(13,14)15)9-7(4-11)2-10-3-8(9)12/h2-3,6,11-12H,4-5H2,1H3,(H,13,14,15). The third-order valence-corrected chi connectivity index (χ3v) is 3.09. The van der Waals surface area contributed by atoms with E-state index in [9.17, 15) is 13.5 Å². The maximum absolute atomic E-state index is 10.7. The molecule has 0 bridgehead atoms. The Balaban J connectivity index is 3.12. The highest BCUT2D eigenvalue weighted by Crippen LogP contribution is 2.29. The summed E-state index contributed by atoms with van der Waals surface area (Å²) >= 11 is 0. The highest BCUT2D eigenvalue weighted by molar-refractivity contribution is 7.85. The Morgan fingerprint density at radius 1 is 1.44 bits per heavy atom. The van der Waals surface area contributed by atoms with E-state index in [4.69, 9.17) is 9.66 Å².